The van der Waals surface area contributed by atoms with Gasteiger partial charge in [0.1, 0.15) is 12.4 Å². The van der Waals surface area contributed by atoms with E-state index in [1.165, 1.54) is 66.1 Å². The number of likely N-dealkylation sites (N-methyl/N-ethyl adjacent to an activating group) is 1. The van der Waals surface area contributed by atoms with Crippen LogP contribution in [0.25, 0.3) is 0 Å². The summed E-state index contributed by atoms with van der Waals surface area (Å²) in [5.74, 6) is 1.53. The van der Waals surface area contributed by atoms with E-state index in [-0.39, 0.29) is 18.4 Å². The van der Waals surface area contributed by atoms with E-state index in [1.807, 2.05) is 0 Å². The summed E-state index contributed by atoms with van der Waals surface area (Å²) in [7, 11) is 2.17. The largest absolute Gasteiger partial charge is 0.476 e. The second-order valence-electron chi connectivity index (χ2n) is 12.4. The summed E-state index contributed by atoms with van der Waals surface area (Å²) in [5, 5.41) is 9.54. The number of anilines is 2. The number of nitriles is 1. The molecule has 4 aliphatic rings. The van der Waals surface area contributed by atoms with Crippen molar-refractivity contribution in [3.05, 3.63) is 59.2 Å². The minimum absolute atomic E-state index is 0.111. The van der Waals surface area contributed by atoms with E-state index in [9.17, 15) is 10.1 Å². The first kappa shape index (κ1) is 28.5. The molecule has 2 atom stereocenters. The average Bonchev–Trinajstić information content (AvgIpc) is 3.27. The summed E-state index contributed by atoms with van der Waals surface area (Å²) in [4.78, 5) is 26.7. The molecule has 1 aromatic carbocycles. The van der Waals surface area contributed by atoms with Crippen molar-refractivity contribution < 1.29 is 9.53 Å². The summed E-state index contributed by atoms with van der Waals surface area (Å²) in [6.45, 7) is 9.00. The number of aromatic nitrogens is 1. The van der Waals surface area contributed by atoms with E-state index in [1.54, 1.807) is 4.90 Å². The Morgan fingerprint density at radius 2 is 1.93 bits per heavy atom. The molecule has 8 nitrogen and oxygen atoms in total. The molecule has 0 unspecified atom stereocenters. The van der Waals surface area contributed by atoms with E-state index >= 15 is 0 Å². The van der Waals surface area contributed by atoms with Crippen LogP contribution in [0.2, 0.25) is 0 Å². The monoisotopic (exact) mass is 568 g/mol. The molecule has 0 N–H and O–H groups in total. The molecular formula is C34H44N6O2. The third kappa shape index (κ3) is 5.85. The highest BCUT2D eigenvalue weighted by molar-refractivity contribution is 5.87. The summed E-state index contributed by atoms with van der Waals surface area (Å²) in [5.41, 5.74) is 6.99. The number of carbonyl (C=O) groups excluding carboxylic acids is 1. The van der Waals surface area contributed by atoms with Gasteiger partial charge in [0.25, 0.3) is 0 Å². The van der Waals surface area contributed by atoms with Crippen molar-refractivity contribution in [3.8, 4) is 11.9 Å². The standard InChI is InChI=1S/C34H44N6O2/c1-3-33(41)40-20-19-39(23-27(40)14-16-35)34-30-15-18-38(31-13-7-10-25-9-5-4-6-12-29(25)31)22-26(30)21-32(36-34)42-24-28-11-8-17-37(28)2/h3,7,10,13,21,27-28H,1,4-6,8-9,11-12,14-15,17-20,22-24H2,2H3/t27-,28-/m0/s1. The minimum atomic E-state index is -0.191. The van der Waals surface area contributed by atoms with E-state index < -0.39 is 0 Å². The van der Waals surface area contributed by atoms with Gasteiger partial charge in [-0.3, -0.25) is 4.79 Å². The third-order valence-electron chi connectivity index (χ3n) is 9.79. The maximum absolute atomic E-state index is 12.5. The predicted molar refractivity (Wildman–Crippen MR) is 166 cm³/mol. The van der Waals surface area contributed by atoms with Gasteiger partial charge in [-0.1, -0.05) is 25.1 Å². The molecule has 6 rings (SSSR count). The molecule has 0 saturated carbocycles. The van der Waals surface area contributed by atoms with E-state index in [4.69, 9.17) is 9.72 Å². The Morgan fingerprint density at radius 3 is 2.74 bits per heavy atom. The number of likely N-dealkylation sites (tertiary alicyclic amines) is 1. The molecule has 0 bridgehead atoms. The molecule has 2 fully saturated rings. The molecular weight excluding hydrogens is 524 g/mol. The van der Waals surface area contributed by atoms with Crippen LogP contribution in [0.1, 0.15) is 60.8 Å². The zero-order chi connectivity index (χ0) is 29.1. The lowest BCUT2D eigenvalue weighted by Crippen LogP contribution is -2.55. The Kier molecular flexibility index (Phi) is 8.66. The number of hydrogen-bond acceptors (Lipinski definition) is 7. The number of benzene rings is 1. The van der Waals surface area contributed by atoms with Crippen molar-refractivity contribution in [2.45, 2.75) is 76.4 Å². The molecule has 0 spiro atoms. The van der Waals surface area contributed by atoms with Gasteiger partial charge in [-0.05, 0) is 87.4 Å². The number of nitrogens with zero attached hydrogens (tertiary/aromatic N) is 6. The Labute approximate surface area is 250 Å². The Bertz CT molecular complexity index is 1350. The quantitative estimate of drug-likeness (QED) is 0.360. The van der Waals surface area contributed by atoms with Crippen molar-refractivity contribution in [1.82, 2.24) is 14.8 Å². The van der Waals surface area contributed by atoms with Gasteiger partial charge in [-0.25, -0.2) is 0 Å². The normalized spacial score (nSPS) is 22.6. The minimum Gasteiger partial charge on any atom is -0.476 e. The van der Waals surface area contributed by atoms with E-state index in [0.29, 0.717) is 38.2 Å². The number of ether oxygens (including phenoxy) is 1. The second kappa shape index (κ2) is 12.7. The van der Waals surface area contributed by atoms with E-state index in [0.717, 1.165) is 44.7 Å². The van der Waals surface area contributed by atoms with Crippen molar-refractivity contribution >= 4 is 17.4 Å². The van der Waals surface area contributed by atoms with Crippen LogP contribution in [-0.2, 0) is 30.6 Å². The van der Waals surface area contributed by atoms with Crippen molar-refractivity contribution in [1.29, 1.82) is 5.26 Å². The average molecular weight is 569 g/mol. The number of amides is 1. The lowest BCUT2D eigenvalue weighted by Gasteiger charge is -2.42. The van der Waals surface area contributed by atoms with Gasteiger partial charge in [0.2, 0.25) is 11.8 Å². The fourth-order valence-electron chi connectivity index (χ4n) is 7.41. The van der Waals surface area contributed by atoms with Crippen molar-refractivity contribution in [2.75, 3.05) is 56.2 Å². The van der Waals surface area contributed by atoms with Gasteiger partial charge < -0.3 is 24.3 Å². The predicted octanol–water partition coefficient (Wildman–Crippen LogP) is 4.50. The first-order valence-electron chi connectivity index (χ1n) is 15.8. The second-order valence-corrected chi connectivity index (χ2v) is 12.4. The molecule has 3 aliphatic heterocycles. The maximum atomic E-state index is 12.5. The van der Waals surface area contributed by atoms with Crippen LogP contribution in [0.4, 0.5) is 11.5 Å². The van der Waals surface area contributed by atoms with Gasteiger partial charge in [0.15, 0.2) is 0 Å². The third-order valence-corrected chi connectivity index (χ3v) is 9.79. The van der Waals surface area contributed by atoms with E-state index in [2.05, 4.69) is 58.7 Å². The summed E-state index contributed by atoms with van der Waals surface area (Å²) < 4.78 is 6.43. The SMILES string of the molecule is C=CC(=O)N1CCN(c2nc(OC[C@@H]3CCCN3C)cc3c2CCN(c2cccc4c2CCCCC4)C3)C[C@@H]1CC#N. The summed E-state index contributed by atoms with van der Waals surface area (Å²) >= 11 is 0. The highest BCUT2D eigenvalue weighted by Gasteiger charge is 2.33. The Hall–Kier alpha value is -3.57. The van der Waals surface area contributed by atoms with Gasteiger partial charge in [-0.15, -0.1) is 0 Å². The van der Waals surface area contributed by atoms with Gasteiger partial charge in [0.05, 0.1) is 18.5 Å². The van der Waals surface area contributed by atoms with Gasteiger partial charge in [0, 0.05) is 56.1 Å². The van der Waals surface area contributed by atoms with Crippen LogP contribution < -0.4 is 14.5 Å². The number of fused-ring (bicyclic) bond motifs is 2. The lowest BCUT2D eigenvalue weighted by molar-refractivity contribution is -0.128. The molecule has 2 aromatic rings. The Morgan fingerprint density at radius 1 is 1.05 bits per heavy atom. The fraction of sp³-hybridized carbons (Fsp3) is 0.559. The molecule has 0 radical (unpaired) electrons. The van der Waals surface area contributed by atoms with Crippen LogP contribution in [0.5, 0.6) is 5.88 Å². The number of rotatable bonds is 7. The number of pyridine rings is 1. The van der Waals surface area contributed by atoms with Crippen LogP contribution in [0.3, 0.4) is 0 Å². The fourth-order valence-corrected chi connectivity index (χ4v) is 7.41. The molecule has 1 amide bonds. The number of hydrogen-bond donors (Lipinski definition) is 0. The zero-order valence-corrected chi connectivity index (χ0v) is 25.1. The molecule has 2 saturated heterocycles. The first-order valence-corrected chi connectivity index (χ1v) is 15.8. The zero-order valence-electron chi connectivity index (χ0n) is 25.1. The number of aryl methyl sites for hydroxylation is 1. The van der Waals surface area contributed by atoms with Crippen LogP contribution >= 0.6 is 0 Å². The Balaban J connectivity index is 1.31. The number of carbonyl (C=O) groups is 1. The van der Waals surface area contributed by atoms with Crippen molar-refractivity contribution in [2.24, 2.45) is 0 Å². The lowest BCUT2D eigenvalue weighted by atomic mass is 9.95. The van der Waals surface area contributed by atoms with Crippen molar-refractivity contribution in [3.63, 3.8) is 0 Å². The van der Waals surface area contributed by atoms with Crippen LogP contribution in [-0.4, -0.2) is 79.2 Å². The smallest absolute Gasteiger partial charge is 0.246 e. The summed E-state index contributed by atoms with van der Waals surface area (Å²) in [6, 6.07) is 11.6. The van der Waals surface area contributed by atoms with Gasteiger partial charge >= 0.3 is 0 Å². The maximum Gasteiger partial charge on any atom is 0.246 e. The molecule has 42 heavy (non-hydrogen) atoms. The molecule has 1 aliphatic carbocycles. The summed E-state index contributed by atoms with van der Waals surface area (Å²) in [6.07, 6.45) is 11.1. The van der Waals surface area contributed by atoms with Gasteiger partial charge in [-0.2, -0.15) is 10.2 Å². The molecule has 222 valence electrons. The number of piperazine rings is 1. The highest BCUT2D eigenvalue weighted by atomic mass is 16.5. The molecule has 8 heteroatoms. The van der Waals surface area contributed by atoms with Crippen LogP contribution in [0, 0.1) is 11.3 Å². The van der Waals surface area contributed by atoms with Crippen LogP contribution in [0.15, 0.2) is 36.9 Å². The highest BCUT2D eigenvalue weighted by Crippen LogP contribution is 2.37. The first-order chi connectivity index (χ1) is 20.6. The molecule has 1 aromatic heterocycles. The molecule has 4 heterocycles. The topological polar surface area (TPSA) is 75.9 Å².